The van der Waals surface area contributed by atoms with Crippen LogP contribution in [0.25, 0.3) is 0 Å². The van der Waals surface area contributed by atoms with Crippen molar-refractivity contribution >= 4 is 0 Å². The van der Waals surface area contributed by atoms with Gasteiger partial charge in [-0.25, -0.2) is 4.98 Å². The summed E-state index contributed by atoms with van der Waals surface area (Å²) in [5.74, 6) is 0.588. The standard InChI is InChI=1S/C14H19N3O2/c15-8-6-13(18)12-7-9-16-14(17-12)19-10-11-4-2-1-3-5-11/h7,9,11,13,18H,1-6,10H2. The third kappa shape index (κ3) is 4.18. The molecule has 0 spiro atoms. The summed E-state index contributed by atoms with van der Waals surface area (Å²) in [6.45, 7) is 0.637. The number of hydrogen-bond donors (Lipinski definition) is 1. The van der Waals surface area contributed by atoms with Gasteiger partial charge in [0, 0.05) is 6.20 Å². The summed E-state index contributed by atoms with van der Waals surface area (Å²) in [6.07, 6.45) is 6.99. The van der Waals surface area contributed by atoms with Crippen molar-refractivity contribution in [3.63, 3.8) is 0 Å². The first-order valence-electron chi connectivity index (χ1n) is 6.80. The predicted octanol–water partition coefficient (Wildman–Crippen LogP) is 2.38. The van der Waals surface area contributed by atoms with Crippen LogP contribution in [0.3, 0.4) is 0 Å². The van der Waals surface area contributed by atoms with Gasteiger partial charge < -0.3 is 9.84 Å². The molecule has 0 radical (unpaired) electrons. The number of aromatic nitrogens is 2. The minimum Gasteiger partial charge on any atom is -0.463 e. The van der Waals surface area contributed by atoms with E-state index in [4.69, 9.17) is 10.00 Å². The summed E-state index contributed by atoms with van der Waals surface area (Å²) < 4.78 is 5.60. The number of aliphatic hydroxyl groups excluding tert-OH is 1. The second-order valence-electron chi connectivity index (χ2n) is 4.96. The molecule has 0 saturated heterocycles. The van der Waals surface area contributed by atoms with E-state index in [1.165, 1.54) is 32.1 Å². The van der Waals surface area contributed by atoms with Gasteiger partial charge in [0.15, 0.2) is 0 Å². The second kappa shape index (κ2) is 7.05. The highest BCUT2D eigenvalue weighted by Gasteiger charge is 2.15. The van der Waals surface area contributed by atoms with Gasteiger partial charge in [-0.1, -0.05) is 19.3 Å². The van der Waals surface area contributed by atoms with Gasteiger partial charge in [-0.05, 0) is 24.8 Å². The maximum absolute atomic E-state index is 9.69. The molecule has 1 aliphatic rings. The lowest BCUT2D eigenvalue weighted by Gasteiger charge is -2.21. The third-order valence-electron chi connectivity index (χ3n) is 3.45. The van der Waals surface area contributed by atoms with E-state index in [-0.39, 0.29) is 6.42 Å². The van der Waals surface area contributed by atoms with Crippen molar-refractivity contribution in [1.82, 2.24) is 9.97 Å². The molecular formula is C14H19N3O2. The van der Waals surface area contributed by atoms with E-state index in [0.29, 0.717) is 24.2 Å². The van der Waals surface area contributed by atoms with Crippen molar-refractivity contribution in [3.8, 4) is 12.1 Å². The zero-order valence-electron chi connectivity index (χ0n) is 11.0. The van der Waals surface area contributed by atoms with Crippen LogP contribution in [-0.2, 0) is 0 Å². The van der Waals surface area contributed by atoms with Gasteiger partial charge in [-0.2, -0.15) is 10.2 Å². The Morgan fingerprint density at radius 1 is 1.42 bits per heavy atom. The van der Waals surface area contributed by atoms with Gasteiger partial charge in [-0.3, -0.25) is 0 Å². The molecule has 1 N–H and O–H groups in total. The van der Waals surface area contributed by atoms with Crippen molar-refractivity contribution in [2.24, 2.45) is 5.92 Å². The first-order chi connectivity index (χ1) is 9.29. The molecule has 0 aliphatic heterocycles. The Hall–Kier alpha value is -1.67. The summed E-state index contributed by atoms with van der Waals surface area (Å²) in [4.78, 5) is 8.18. The molecule has 1 heterocycles. The first-order valence-corrected chi connectivity index (χ1v) is 6.80. The summed E-state index contributed by atoms with van der Waals surface area (Å²) in [6, 6.07) is 3.82. The van der Waals surface area contributed by atoms with Gasteiger partial charge in [-0.15, -0.1) is 0 Å². The van der Waals surface area contributed by atoms with Crippen LogP contribution in [0.1, 0.15) is 50.3 Å². The van der Waals surface area contributed by atoms with Gasteiger partial charge in [0.25, 0.3) is 0 Å². The van der Waals surface area contributed by atoms with Crippen molar-refractivity contribution in [1.29, 1.82) is 5.26 Å². The maximum atomic E-state index is 9.69. The third-order valence-corrected chi connectivity index (χ3v) is 3.45. The molecular weight excluding hydrogens is 242 g/mol. The summed E-state index contributed by atoms with van der Waals surface area (Å²) in [5, 5.41) is 18.2. The van der Waals surface area contributed by atoms with Gasteiger partial charge >= 0.3 is 6.01 Å². The zero-order chi connectivity index (χ0) is 13.5. The number of ether oxygens (including phenoxy) is 1. The predicted molar refractivity (Wildman–Crippen MR) is 69.3 cm³/mol. The average molecular weight is 261 g/mol. The Labute approximate surface area is 113 Å². The molecule has 5 heteroatoms. The molecule has 19 heavy (non-hydrogen) atoms. The normalized spacial score (nSPS) is 17.7. The van der Waals surface area contributed by atoms with Crippen molar-refractivity contribution in [2.45, 2.75) is 44.6 Å². The summed E-state index contributed by atoms with van der Waals surface area (Å²) in [5.41, 5.74) is 0.440. The fourth-order valence-corrected chi connectivity index (χ4v) is 2.35. The average Bonchev–Trinajstić information content (AvgIpc) is 2.47. The highest BCUT2D eigenvalue weighted by atomic mass is 16.5. The smallest absolute Gasteiger partial charge is 0.316 e. The largest absolute Gasteiger partial charge is 0.463 e. The van der Waals surface area contributed by atoms with E-state index in [2.05, 4.69) is 9.97 Å². The Bertz CT molecular complexity index is 439. The van der Waals surface area contributed by atoms with Crippen molar-refractivity contribution in [2.75, 3.05) is 6.61 Å². The topological polar surface area (TPSA) is 79.0 Å². The fraction of sp³-hybridized carbons (Fsp3) is 0.643. The van der Waals surface area contributed by atoms with Crippen LogP contribution in [0.2, 0.25) is 0 Å². The lowest BCUT2D eigenvalue weighted by molar-refractivity contribution is 0.170. The number of nitriles is 1. The second-order valence-corrected chi connectivity index (χ2v) is 4.96. The van der Waals surface area contributed by atoms with Gasteiger partial charge in [0.05, 0.1) is 24.8 Å². The lowest BCUT2D eigenvalue weighted by atomic mass is 9.90. The number of rotatable bonds is 5. The minimum atomic E-state index is -0.870. The van der Waals surface area contributed by atoms with Crippen LogP contribution in [0.5, 0.6) is 6.01 Å². The van der Waals surface area contributed by atoms with E-state index in [1.807, 2.05) is 6.07 Å². The molecule has 1 aromatic rings. The SMILES string of the molecule is N#CCC(O)c1ccnc(OCC2CCCCC2)n1. The molecule has 1 unspecified atom stereocenters. The maximum Gasteiger partial charge on any atom is 0.316 e. The molecule has 1 saturated carbocycles. The van der Waals surface area contributed by atoms with E-state index in [1.54, 1.807) is 12.3 Å². The van der Waals surface area contributed by atoms with Crippen LogP contribution in [-0.4, -0.2) is 21.7 Å². The van der Waals surface area contributed by atoms with Gasteiger partial charge in [0.1, 0.15) is 6.10 Å². The Morgan fingerprint density at radius 2 is 2.21 bits per heavy atom. The van der Waals surface area contributed by atoms with E-state index >= 15 is 0 Å². The summed E-state index contributed by atoms with van der Waals surface area (Å²) >= 11 is 0. The minimum absolute atomic E-state index is 0.0269. The van der Waals surface area contributed by atoms with E-state index < -0.39 is 6.10 Å². The Morgan fingerprint density at radius 3 is 2.95 bits per heavy atom. The van der Waals surface area contributed by atoms with Crippen LogP contribution in [0, 0.1) is 17.2 Å². The molecule has 1 aliphatic carbocycles. The first kappa shape index (κ1) is 13.8. The molecule has 102 valence electrons. The Kier molecular flexibility index (Phi) is 5.10. The van der Waals surface area contributed by atoms with Crippen LogP contribution in [0.4, 0.5) is 0 Å². The molecule has 1 aromatic heterocycles. The fourth-order valence-electron chi connectivity index (χ4n) is 2.35. The Balaban J connectivity index is 1.89. The number of aliphatic hydroxyl groups is 1. The van der Waals surface area contributed by atoms with Crippen LogP contribution in [0.15, 0.2) is 12.3 Å². The van der Waals surface area contributed by atoms with E-state index in [0.717, 1.165) is 0 Å². The quantitative estimate of drug-likeness (QED) is 0.880. The highest BCUT2D eigenvalue weighted by Crippen LogP contribution is 2.24. The molecule has 2 rings (SSSR count). The number of nitrogens with zero attached hydrogens (tertiary/aromatic N) is 3. The molecule has 0 amide bonds. The highest BCUT2D eigenvalue weighted by molar-refractivity contribution is 5.09. The molecule has 5 nitrogen and oxygen atoms in total. The molecule has 1 atom stereocenters. The summed E-state index contributed by atoms with van der Waals surface area (Å²) in [7, 11) is 0. The van der Waals surface area contributed by atoms with Crippen LogP contribution >= 0.6 is 0 Å². The monoisotopic (exact) mass is 261 g/mol. The van der Waals surface area contributed by atoms with Gasteiger partial charge in [0.2, 0.25) is 0 Å². The van der Waals surface area contributed by atoms with Crippen molar-refractivity contribution < 1.29 is 9.84 Å². The van der Waals surface area contributed by atoms with Crippen molar-refractivity contribution in [3.05, 3.63) is 18.0 Å². The zero-order valence-corrected chi connectivity index (χ0v) is 11.0. The van der Waals surface area contributed by atoms with Crippen LogP contribution < -0.4 is 4.74 Å². The molecule has 0 bridgehead atoms. The van der Waals surface area contributed by atoms with E-state index in [9.17, 15) is 5.11 Å². The lowest BCUT2D eigenvalue weighted by Crippen LogP contribution is -2.16. The molecule has 1 fully saturated rings. The molecule has 0 aromatic carbocycles. The number of hydrogen-bond acceptors (Lipinski definition) is 5.